The van der Waals surface area contributed by atoms with E-state index in [-0.39, 0.29) is 28.6 Å². The van der Waals surface area contributed by atoms with Crippen LogP contribution in [0.3, 0.4) is 0 Å². The SMILES string of the molecule is COC[C@@]12CN(C(=O)C3CCN(C(=O)c4ccc(Cl)cc4)CC3)C[C@@H]1C(C)(C)C2. The molecule has 158 valence electrons. The molecule has 4 rings (SSSR count). The van der Waals surface area contributed by atoms with Crippen molar-refractivity contribution >= 4 is 23.4 Å². The Morgan fingerprint density at radius 1 is 1.14 bits per heavy atom. The van der Waals surface area contributed by atoms with Crippen molar-refractivity contribution < 1.29 is 14.3 Å². The first-order chi connectivity index (χ1) is 13.8. The Kier molecular flexibility index (Phi) is 5.41. The zero-order chi connectivity index (χ0) is 20.8. The molecule has 3 fully saturated rings. The molecule has 2 aliphatic heterocycles. The highest BCUT2D eigenvalue weighted by Crippen LogP contribution is 2.62. The molecule has 1 aromatic rings. The number of piperidine rings is 1. The third-order valence-corrected chi connectivity index (χ3v) is 7.62. The summed E-state index contributed by atoms with van der Waals surface area (Å²) in [5, 5.41) is 0.625. The van der Waals surface area contributed by atoms with E-state index in [0.29, 0.717) is 29.6 Å². The Morgan fingerprint density at radius 3 is 2.38 bits per heavy atom. The average molecular weight is 419 g/mol. The van der Waals surface area contributed by atoms with Gasteiger partial charge < -0.3 is 14.5 Å². The van der Waals surface area contributed by atoms with E-state index >= 15 is 0 Å². The molecule has 3 aliphatic rings. The van der Waals surface area contributed by atoms with Gasteiger partial charge in [0, 0.05) is 55.2 Å². The Bertz CT molecular complexity index is 786. The van der Waals surface area contributed by atoms with Crippen molar-refractivity contribution in [1.82, 2.24) is 9.80 Å². The second kappa shape index (κ2) is 7.59. The number of hydrogen-bond acceptors (Lipinski definition) is 3. The van der Waals surface area contributed by atoms with Crippen molar-refractivity contribution in [3.63, 3.8) is 0 Å². The monoisotopic (exact) mass is 418 g/mol. The molecule has 2 heterocycles. The van der Waals surface area contributed by atoms with E-state index in [4.69, 9.17) is 16.3 Å². The average Bonchev–Trinajstić information content (AvgIpc) is 3.02. The minimum atomic E-state index is 0.0180. The molecule has 29 heavy (non-hydrogen) atoms. The fraction of sp³-hybridized carbons (Fsp3) is 0.652. The third kappa shape index (κ3) is 3.68. The van der Waals surface area contributed by atoms with Gasteiger partial charge in [-0.25, -0.2) is 0 Å². The number of carbonyl (C=O) groups is 2. The van der Waals surface area contributed by atoms with Gasteiger partial charge in [0.1, 0.15) is 0 Å². The molecule has 2 amide bonds. The second-order valence-electron chi connectivity index (χ2n) is 9.81. The molecule has 5 nitrogen and oxygen atoms in total. The molecular formula is C23H31ClN2O3. The van der Waals surface area contributed by atoms with E-state index in [1.54, 1.807) is 31.4 Å². The van der Waals surface area contributed by atoms with Crippen LogP contribution in [0.1, 0.15) is 43.5 Å². The van der Waals surface area contributed by atoms with Crippen molar-refractivity contribution in [2.45, 2.75) is 33.1 Å². The molecule has 0 spiro atoms. The van der Waals surface area contributed by atoms with Gasteiger partial charge in [-0.1, -0.05) is 25.4 Å². The molecule has 0 N–H and O–H groups in total. The van der Waals surface area contributed by atoms with Crippen molar-refractivity contribution in [3.05, 3.63) is 34.9 Å². The molecule has 0 aromatic heterocycles. The van der Waals surface area contributed by atoms with E-state index in [1.165, 1.54) is 0 Å². The Labute approximate surface area is 178 Å². The van der Waals surface area contributed by atoms with Gasteiger partial charge in [0.15, 0.2) is 0 Å². The van der Waals surface area contributed by atoms with E-state index in [9.17, 15) is 9.59 Å². The fourth-order valence-corrected chi connectivity index (χ4v) is 6.26. The normalized spacial score (nSPS) is 28.8. The summed E-state index contributed by atoms with van der Waals surface area (Å²) in [6, 6.07) is 7.01. The van der Waals surface area contributed by atoms with E-state index < -0.39 is 0 Å². The topological polar surface area (TPSA) is 49.9 Å². The van der Waals surface area contributed by atoms with Crippen LogP contribution in [0.25, 0.3) is 0 Å². The number of nitrogens with zero attached hydrogens (tertiary/aromatic N) is 2. The quantitative estimate of drug-likeness (QED) is 0.748. The summed E-state index contributed by atoms with van der Waals surface area (Å²) >= 11 is 5.92. The first-order valence-electron chi connectivity index (χ1n) is 10.6. The van der Waals surface area contributed by atoms with Gasteiger partial charge in [-0.05, 0) is 54.9 Å². The van der Waals surface area contributed by atoms with Gasteiger partial charge in [-0.15, -0.1) is 0 Å². The number of halogens is 1. The number of methoxy groups -OCH3 is 1. The smallest absolute Gasteiger partial charge is 0.253 e. The van der Waals surface area contributed by atoms with Gasteiger partial charge in [-0.2, -0.15) is 0 Å². The van der Waals surface area contributed by atoms with E-state index in [2.05, 4.69) is 18.7 Å². The zero-order valence-electron chi connectivity index (χ0n) is 17.6. The third-order valence-electron chi connectivity index (χ3n) is 7.36. The molecule has 1 saturated carbocycles. The van der Waals surface area contributed by atoms with Crippen LogP contribution in [-0.4, -0.2) is 61.5 Å². The van der Waals surface area contributed by atoms with Crippen LogP contribution >= 0.6 is 11.6 Å². The van der Waals surface area contributed by atoms with Crippen LogP contribution in [-0.2, 0) is 9.53 Å². The van der Waals surface area contributed by atoms with Gasteiger partial charge in [0.05, 0.1) is 6.61 Å². The maximum atomic E-state index is 13.2. The predicted molar refractivity (Wildman–Crippen MR) is 113 cm³/mol. The number of carbonyl (C=O) groups excluding carboxylic acids is 2. The van der Waals surface area contributed by atoms with Crippen molar-refractivity contribution in [2.24, 2.45) is 22.7 Å². The summed E-state index contributed by atoms with van der Waals surface area (Å²) in [7, 11) is 1.76. The summed E-state index contributed by atoms with van der Waals surface area (Å²) in [5.41, 5.74) is 1.07. The van der Waals surface area contributed by atoms with Crippen LogP contribution in [0.5, 0.6) is 0 Å². The number of rotatable bonds is 4. The zero-order valence-corrected chi connectivity index (χ0v) is 18.4. The molecule has 0 bridgehead atoms. The number of ether oxygens (including phenoxy) is 1. The molecular weight excluding hydrogens is 388 g/mol. The van der Waals surface area contributed by atoms with Crippen LogP contribution in [0, 0.1) is 22.7 Å². The largest absolute Gasteiger partial charge is 0.384 e. The molecule has 1 aromatic carbocycles. The Hall–Kier alpha value is -1.59. The van der Waals surface area contributed by atoms with E-state index in [1.807, 2.05) is 4.90 Å². The van der Waals surface area contributed by atoms with Crippen molar-refractivity contribution in [3.8, 4) is 0 Å². The maximum absolute atomic E-state index is 13.2. The minimum Gasteiger partial charge on any atom is -0.384 e. The predicted octanol–water partition coefficient (Wildman–Crippen LogP) is 3.71. The molecule has 0 radical (unpaired) electrons. The van der Waals surface area contributed by atoms with Crippen LogP contribution in [0.2, 0.25) is 5.02 Å². The number of likely N-dealkylation sites (tertiary alicyclic amines) is 2. The highest BCUT2D eigenvalue weighted by molar-refractivity contribution is 6.30. The number of amides is 2. The first-order valence-corrected chi connectivity index (χ1v) is 11.0. The van der Waals surface area contributed by atoms with Crippen LogP contribution in [0.15, 0.2) is 24.3 Å². The number of hydrogen-bond donors (Lipinski definition) is 0. The number of benzene rings is 1. The summed E-state index contributed by atoms with van der Waals surface area (Å²) in [5.74, 6) is 0.826. The summed E-state index contributed by atoms with van der Waals surface area (Å²) < 4.78 is 5.52. The lowest BCUT2D eigenvalue weighted by Crippen LogP contribution is -2.55. The lowest BCUT2D eigenvalue weighted by atomic mass is 9.48. The van der Waals surface area contributed by atoms with Gasteiger partial charge in [-0.3, -0.25) is 9.59 Å². The molecule has 0 unspecified atom stereocenters. The molecule has 1 aliphatic carbocycles. The lowest BCUT2D eigenvalue weighted by molar-refractivity contribution is -0.136. The van der Waals surface area contributed by atoms with Crippen LogP contribution < -0.4 is 0 Å². The lowest BCUT2D eigenvalue weighted by Gasteiger charge is -2.56. The summed E-state index contributed by atoms with van der Waals surface area (Å²) in [4.78, 5) is 29.9. The second-order valence-corrected chi connectivity index (χ2v) is 10.2. The Morgan fingerprint density at radius 2 is 1.79 bits per heavy atom. The van der Waals surface area contributed by atoms with Gasteiger partial charge >= 0.3 is 0 Å². The number of fused-ring (bicyclic) bond motifs is 1. The summed E-state index contributed by atoms with van der Waals surface area (Å²) in [6.07, 6.45) is 2.59. The van der Waals surface area contributed by atoms with Crippen LogP contribution in [0.4, 0.5) is 0 Å². The fourth-order valence-electron chi connectivity index (χ4n) is 6.14. The highest BCUT2D eigenvalue weighted by Gasteiger charge is 2.63. The Balaban J connectivity index is 1.35. The standard InChI is InChI=1S/C23H31ClN2O3/c1-22(2)13-23(15-29-3)14-26(12-19(22)23)21(28)17-8-10-25(11-9-17)20(27)16-4-6-18(24)7-5-16/h4-7,17,19H,8-15H2,1-3H3/t19-,23-/m1/s1. The maximum Gasteiger partial charge on any atom is 0.253 e. The first kappa shape index (κ1) is 20.7. The minimum absolute atomic E-state index is 0.0180. The summed E-state index contributed by atoms with van der Waals surface area (Å²) in [6.45, 7) is 8.27. The van der Waals surface area contributed by atoms with Gasteiger partial charge in [0.2, 0.25) is 5.91 Å². The van der Waals surface area contributed by atoms with Gasteiger partial charge in [0.25, 0.3) is 5.91 Å². The van der Waals surface area contributed by atoms with Crippen molar-refractivity contribution in [2.75, 3.05) is 39.9 Å². The molecule has 2 atom stereocenters. The van der Waals surface area contributed by atoms with E-state index in [0.717, 1.165) is 39.0 Å². The van der Waals surface area contributed by atoms with Crippen molar-refractivity contribution in [1.29, 1.82) is 0 Å². The molecule has 6 heteroatoms. The highest BCUT2D eigenvalue weighted by atomic mass is 35.5. The molecule has 2 saturated heterocycles.